The fraction of sp³-hybridized carbons (Fsp3) is 0.412. The predicted molar refractivity (Wildman–Crippen MR) is 105 cm³/mol. The normalized spacial score (nSPS) is 10.3. The number of aryl methyl sites for hydroxylation is 1. The number of ether oxygens (including phenoxy) is 2. The molecule has 2 aromatic heterocycles. The number of nitrogens with zero attached hydrogens (tertiary/aromatic N) is 4. The van der Waals surface area contributed by atoms with Crippen molar-refractivity contribution in [3.8, 4) is 6.07 Å². The van der Waals surface area contributed by atoms with Gasteiger partial charge in [0.1, 0.15) is 23.4 Å². The molecule has 1 amide bonds. The van der Waals surface area contributed by atoms with E-state index in [9.17, 15) is 14.4 Å². The van der Waals surface area contributed by atoms with Gasteiger partial charge in [0.25, 0.3) is 0 Å². The van der Waals surface area contributed by atoms with Gasteiger partial charge in [0.05, 0.1) is 25.0 Å². The van der Waals surface area contributed by atoms with Gasteiger partial charge >= 0.3 is 11.9 Å². The van der Waals surface area contributed by atoms with Gasteiger partial charge in [-0.2, -0.15) is 5.26 Å². The molecule has 0 bridgehead atoms. The molecule has 0 saturated carbocycles. The highest BCUT2D eigenvalue weighted by atomic mass is 32.2. The van der Waals surface area contributed by atoms with Crippen LogP contribution >= 0.6 is 11.8 Å². The Labute approximate surface area is 175 Å². The summed E-state index contributed by atoms with van der Waals surface area (Å²) in [7, 11) is 0. The van der Waals surface area contributed by atoms with E-state index in [1.54, 1.807) is 13.8 Å². The summed E-state index contributed by atoms with van der Waals surface area (Å²) in [5.74, 6) is -2.36. The Kier molecular flexibility index (Phi) is 7.82. The first-order valence-corrected chi connectivity index (χ1v) is 9.78. The molecule has 0 fully saturated rings. The van der Waals surface area contributed by atoms with Crippen LogP contribution in [0.15, 0.2) is 9.57 Å². The molecule has 0 aliphatic carbocycles. The van der Waals surface area contributed by atoms with Crippen molar-refractivity contribution < 1.29 is 28.3 Å². The number of aromatic nitrogens is 3. The van der Waals surface area contributed by atoms with Gasteiger partial charge in [-0.1, -0.05) is 11.8 Å². The summed E-state index contributed by atoms with van der Waals surface area (Å²) < 4.78 is 16.7. The van der Waals surface area contributed by atoms with Crippen LogP contribution in [-0.2, 0) is 20.8 Å². The first-order valence-electron chi connectivity index (χ1n) is 8.79. The van der Waals surface area contributed by atoms with Crippen LogP contribution in [-0.4, -0.2) is 51.6 Å². The zero-order chi connectivity index (χ0) is 22.3. The largest absolute Gasteiger partial charge is 0.462 e. The Morgan fingerprint density at radius 2 is 1.83 bits per heavy atom. The van der Waals surface area contributed by atoms with Gasteiger partial charge in [-0.15, -0.1) is 10.2 Å². The fourth-order valence-electron chi connectivity index (χ4n) is 2.44. The number of nitrogens with two attached hydrogens (primary N) is 1. The van der Waals surface area contributed by atoms with E-state index in [4.69, 9.17) is 24.9 Å². The van der Waals surface area contributed by atoms with Crippen molar-refractivity contribution >= 4 is 41.4 Å². The quantitative estimate of drug-likeness (QED) is 0.429. The highest BCUT2D eigenvalue weighted by Gasteiger charge is 2.31. The molecule has 2 aromatic rings. The Hall–Kier alpha value is -3.53. The van der Waals surface area contributed by atoms with Crippen molar-refractivity contribution in [1.82, 2.24) is 14.8 Å². The number of esters is 2. The van der Waals surface area contributed by atoms with E-state index in [0.29, 0.717) is 0 Å². The van der Waals surface area contributed by atoms with Crippen LogP contribution in [0, 0.1) is 18.3 Å². The Bertz CT molecular complexity index is 992. The lowest BCUT2D eigenvalue weighted by Gasteiger charge is -2.09. The Morgan fingerprint density at radius 3 is 2.43 bits per heavy atom. The lowest BCUT2D eigenvalue weighted by molar-refractivity contribution is -0.116. The van der Waals surface area contributed by atoms with Crippen molar-refractivity contribution in [3.63, 3.8) is 0 Å². The molecule has 0 aliphatic heterocycles. The van der Waals surface area contributed by atoms with E-state index in [1.807, 2.05) is 6.07 Å². The second-order valence-corrected chi connectivity index (χ2v) is 6.54. The molecule has 0 aliphatic rings. The third-order valence-electron chi connectivity index (χ3n) is 3.61. The minimum absolute atomic E-state index is 0.0287. The maximum atomic E-state index is 12.6. The molecule has 12 nitrogen and oxygen atoms in total. The third-order valence-corrected chi connectivity index (χ3v) is 4.44. The smallest absolute Gasteiger partial charge is 0.344 e. The third kappa shape index (κ3) is 5.09. The van der Waals surface area contributed by atoms with Crippen LogP contribution in [0.5, 0.6) is 0 Å². The van der Waals surface area contributed by atoms with Crippen LogP contribution in [0.25, 0.3) is 0 Å². The van der Waals surface area contributed by atoms with E-state index in [2.05, 4.69) is 15.5 Å². The molecule has 0 radical (unpaired) electrons. The van der Waals surface area contributed by atoms with Gasteiger partial charge in [-0.05, 0) is 20.8 Å². The number of carbonyl (C=O) groups is 3. The summed E-state index contributed by atoms with van der Waals surface area (Å²) >= 11 is 1.06. The SMILES string of the molecule is CCOC(=O)c1c(C)oc(NC(=O)Cn2c(N)nnc2SCC#N)c1C(=O)OCC. The maximum absolute atomic E-state index is 12.6. The molecular formula is C17H20N6O6S. The van der Waals surface area contributed by atoms with E-state index in [1.165, 1.54) is 11.5 Å². The van der Waals surface area contributed by atoms with Crippen LogP contribution in [0.4, 0.5) is 11.8 Å². The van der Waals surface area contributed by atoms with Gasteiger partial charge in [0.15, 0.2) is 5.16 Å². The summed E-state index contributed by atoms with van der Waals surface area (Å²) in [6.07, 6.45) is 0. The summed E-state index contributed by atoms with van der Waals surface area (Å²) in [6, 6.07) is 1.94. The molecular weight excluding hydrogens is 416 g/mol. The lowest BCUT2D eigenvalue weighted by atomic mass is 10.1. The van der Waals surface area contributed by atoms with E-state index < -0.39 is 17.8 Å². The average Bonchev–Trinajstić information content (AvgIpc) is 3.20. The Morgan fingerprint density at radius 1 is 1.20 bits per heavy atom. The number of hydrogen-bond donors (Lipinski definition) is 2. The first kappa shape index (κ1) is 22.8. The number of carbonyl (C=O) groups excluding carboxylic acids is 3. The minimum atomic E-state index is -0.846. The summed E-state index contributed by atoms with van der Waals surface area (Å²) in [6.45, 7) is 4.50. The van der Waals surface area contributed by atoms with Crippen LogP contribution in [0.1, 0.15) is 40.3 Å². The van der Waals surface area contributed by atoms with Crippen LogP contribution < -0.4 is 11.1 Å². The van der Waals surface area contributed by atoms with Crippen molar-refractivity contribution in [2.45, 2.75) is 32.5 Å². The van der Waals surface area contributed by atoms with Gasteiger partial charge in [-0.3, -0.25) is 14.7 Å². The molecule has 0 spiro atoms. The molecule has 3 N–H and O–H groups in total. The van der Waals surface area contributed by atoms with E-state index in [0.717, 1.165) is 11.8 Å². The molecule has 2 heterocycles. The second kappa shape index (κ2) is 10.3. The summed E-state index contributed by atoms with van der Waals surface area (Å²) in [5, 5.41) is 18.9. The molecule has 0 unspecified atom stereocenters. The zero-order valence-corrected chi connectivity index (χ0v) is 17.4. The van der Waals surface area contributed by atoms with Gasteiger partial charge in [-0.25, -0.2) is 9.59 Å². The molecule has 160 valence electrons. The van der Waals surface area contributed by atoms with E-state index in [-0.39, 0.29) is 59.4 Å². The van der Waals surface area contributed by atoms with Crippen molar-refractivity contribution in [2.24, 2.45) is 0 Å². The number of nitriles is 1. The van der Waals surface area contributed by atoms with Crippen LogP contribution in [0.3, 0.4) is 0 Å². The number of anilines is 2. The monoisotopic (exact) mass is 436 g/mol. The summed E-state index contributed by atoms with van der Waals surface area (Å²) in [5.41, 5.74) is 5.36. The van der Waals surface area contributed by atoms with Gasteiger partial charge in [0, 0.05) is 0 Å². The lowest BCUT2D eigenvalue weighted by Crippen LogP contribution is -2.22. The fourth-order valence-corrected chi connectivity index (χ4v) is 3.05. The predicted octanol–water partition coefficient (Wildman–Crippen LogP) is 1.37. The Balaban J connectivity index is 2.32. The van der Waals surface area contributed by atoms with Gasteiger partial charge < -0.3 is 19.6 Å². The number of rotatable bonds is 9. The zero-order valence-electron chi connectivity index (χ0n) is 16.6. The summed E-state index contributed by atoms with van der Waals surface area (Å²) in [4.78, 5) is 37.2. The molecule has 2 rings (SSSR count). The molecule has 13 heteroatoms. The average molecular weight is 436 g/mol. The number of nitrogen functional groups attached to an aromatic ring is 1. The number of hydrogen-bond acceptors (Lipinski definition) is 11. The second-order valence-electron chi connectivity index (χ2n) is 5.60. The standard InChI is InChI=1S/C17H20N6O6S/c1-4-27-14(25)11-9(3)29-13(12(11)15(26)28-5-2)20-10(24)8-23-16(19)21-22-17(23)30-7-6-18/h4-5,7-8H2,1-3H3,(H2,19,21)(H,20,24). The molecule has 0 aromatic carbocycles. The highest BCUT2D eigenvalue weighted by molar-refractivity contribution is 7.99. The van der Waals surface area contributed by atoms with Crippen molar-refractivity contribution in [2.75, 3.05) is 30.0 Å². The van der Waals surface area contributed by atoms with Crippen molar-refractivity contribution in [1.29, 1.82) is 5.26 Å². The van der Waals surface area contributed by atoms with Gasteiger partial charge in [0.2, 0.25) is 17.7 Å². The maximum Gasteiger partial charge on any atom is 0.344 e. The minimum Gasteiger partial charge on any atom is -0.462 e. The van der Waals surface area contributed by atoms with E-state index >= 15 is 0 Å². The van der Waals surface area contributed by atoms with Crippen LogP contribution in [0.2, 0.25) is 0 Å². The number of amides is 1. The number of nitrogens with one attached hydrogen (secondary N) is 1. The highest BCUT2D eigenvalue weighted by Crippen LogP contribution is 2.29. The molecule has 0 atom stereocenters. The van der Waals surface area contributed by atoms with Crippen molar-refractivity contribution in [3.05, 3.63) is 16.9 Å². The number of furan rings is 1. The topological polar surface area (TPSA) is 175 Å². The number of thioether (sulfide) groups is 1. The first-order chi connectivity index (χ1) is 14.3. The molecule has 30 heavy (non-hydrogen) atoms. The molecule has 0 saturated heterocycles.